The Kier molecular flexibility index (Phi) is 2.94. The number of carboxylic acids is 1. The van der Waals surface area contributed by atoms with Gasteiger partial charge in [-0.15, -0.1) is 0 Å². The van der Waals surface area contributed by atoms with Crippen molar-refractivity contribution < 1.29 is 14.7 Å². The number of hydrogen-bond acceptors (Lipinski definition) is 4. The molecule has 6 nitrogen and oxygen atoms in total. The summed E-state index contributed by atoms with van der Waals surface area (Å²) in [5, 5.41) is 11.9. The van der Waals surface area contributed by atoms with Crippen molar-refractivity contribution in [3.05, 3.63) is 24.0 Å². The van der Waals surface area contributed by atoms with Gasteiger partial charge in [0.05, 0.1) is 17.4 Å². The molecule has 1 aromatic heterocycles. The molecular formula is C12H15N3O3. The van der Waals surface area contributed by atoms with Crippen molar-refractivity contribution in [1.82, 2.24) is 10.3 Å². The minimum atomic E-state index is -1.02. The fourth-order valence-corrected chi connectivity index (χ4v) is 2.10. The first-order chi connectivity index (χ1) is 8.44. The lowest BCUT2D eigenvalue weighted by molar-refractivity contribution is -0.126. The number of nitrogens with one attached hydrogen (secondary N) is 1. The van der Waals surface area contributed by atoms with Crippen LogP contribution in [0.1, 0.15) is 24.2 Å². The van der Waals surface area contributed by atoms with Crippen molar-refractivity contribution in [1.29, 1.82) is 0 Å². The first-order valence-corrected chi connectivity index (χ1v) is 5.68. The van der Waals surface area contributed by atoms with E-state index in [1.54, 1.807) is 18.7 Å². The molecule has 0 radical (unpaired) electrons. The van der Waals surface area contributed by atoms with Crippen LogP contribution in [0.25, 0.3) is 0 Å². The van der Waals surface area contributed by atoms with E-state index >= 15 is 0 Å². The van der Waals surface area contributed by atoms with Crippen molar-refractivity contribution >= 4 is 17.6 Å². The van der Waals surface area contributed by atoms with Crippen LogP contribution in [0.15, 0.2) is 18.5 Å². The molecule has 6 heteroatoms. The number of hydrogen-bond donors (Lipinski definition) is 2. The standard InChI is InChI=1S/C12H15N3O3/c1-12(2)11(18)14-5-6-15(12)9-7-13-4-3-8(9)10(16)17/h3-4,7H,5-6H2,1-2H3,(H,14,18)(H,16,17). The molecule has 2 heterocycles. The summed E-state index contributed by atoms with van der Waals surface area (Å²) in [6, 6.07) is 1.44. The lowest BCUT2D eigenvalue weighted by Crippen LogP contribution is -2.62. The highest BCUT2D eigenvalue weighted by molar-refractivity contribution is 5.97. The summed E-state index contributed by atoms with van der Waals surface area (Å²) in [5.74, 6) is -1.14. The van der Waals surface area contributed by atoms with Gasteiger partial charge < -0.3 is 15.3 Å². The summed E-state index contributed by atoms with van der Waals surface area (Å²) in [6.45, 7) is 4.58. The van der Waals surface area contributed by atoms with E-state index < -0.39 is 11.5 Å². The molecule has 0 aromatic carbocycles. The third kappa shape index (κ3) is 1.90. The molecule has 2 N–H and O–H groups in total. The fourth-order valence-electron chi connectivity index (χ4n) is 2.10. The fraction of sp³-hybridized carbons (Fsp3) is 0.417. The molecule has 0 bridgehead atoms. The highest BCUT2D eigenvalue weighted by Crippen LogP contribution is 2.28. The minimum absolute atomic E-state index is 0.117. The molecule has 0 aliphatic carbocycles. The van der Waals surface area contributed by atoms with E-state index in [0.717, 1.165) is 0 Å². The van der Waals surface area contributed by atoms with Crippen LogP contribution in [0.4, 0.5) is 5.69 Å². The van der Waals surface area contributed by atoms with Crippen molar-refractivity contribution in [2.75, 3.05) is 18.0 Å². The van der Waals surface area contributed by atoms with Gasteiger partial charge in [0.1, 0.15) is 5.54 Å². The van der Waals surface area contributed by atoms with Gasteiger partial charge in [-0.1, -0.05) is 0 Å². The predicted molar refractivity (Wildman–Crippen MR) is 65.6 cm³/mol. The molecule has 0 saturated carbocycles. The maximum Gasteiger partial charge on any atom is 0.337 e. The Morgan fingerprint density at radius 1 is 1.56 bits per heavy atom. The van der Waals surface area contributed by atoms with Crippen LogP contribution in [0, 0.1) is 0 Å². The minimum Gasteiger partial charge on any atom is -0.478 e. The second kappa shape index (κ2) is 4.29. The van der Waals surface area contributed by atoms with E-state index in [9.17, 15) is 14.7 Å². The van der Waals surface area contributed by atoms with Crippen LogP contribution < -0.4 is 10.2 Å². The molecule has 96 valence electrons. The molecule has 1 saturated heterocycles. The Hall–Kier alpha value is -2.11. The summed E-state index contributed by atoms with van der Waals surface area (Å²) >= 11 is 0. The summed E-state index contributed by atoms with van der Waals surface area (Å²) in [7, 11) is 0. The van der Waals surface area contributed by atoms with Crippen molar-refractivity contribution in [3.8, 4) is 0 Å². The number of pyridine rings is 1. The first kappa shape index (κ1) is 12.3. The van der Waals surface area contributed by atoms with Gasteiger partial charge in [-0.25, -0.2) is 4.79 Å². The SMILES string of the molecule is CC1(C)C(=O)NCCN1c1cnccc1C(=O)O. The van der Waals surface area contributed by atoms with Gasteiger partial charge in [-0.05, 0) is 19.9 Å². The number of aromatic nitrogens is 1. The Balaban J connectivity index is 2.48. The van der Waals surface area contributed by atoms with Gasteiger partial charge in [0.15, 0.2) is 0 Å². The second-order valence-corrected chi connectivity index (χ2v) is 4.66. The normalized spacial score (nSPS) is 18.3. The van der Waals surface area contributed by atoms with Crippen LogP contribution >= 0.6 is 0 Å². The monoisotopic (exact) mass is 249 g/mol. The molecular weight excluding hydrogens is 234 g/mol. The number of carbonyl (C=O) groups is 2. The van der Waals surface area contributed by atoms with Crippen LogP contribution in [0.5, 0.6) is 0 Å². The van der Waals surface area contributed by atoms with Gasteiger partial charge in [0.25, 0.3) is 0 Å². The molecule has 0 spiro atoms. The molecule has 0 unspecified atom stereocenters. The van der Waals surface area contributed by atoms with Crippen molar-refractivity contribution in [3.63, 3.8) is 0 Å². The number of amides is 1. The third-order valence-electron chi connectivity index (χ3n) is 3.17. The Labute approximate surface area is 105 Å². The number of piperazine rings is 1. The number of nitrogens with zero attached hydrogens (tertiary/aromatic N) is 2. The van der Waals surface area contributed by atoms with E-state index in [0.29, 0.717) is 18.8 Å². The quantitative estimate of drug-likeness (QED) is 0.797. The van der Waals surface area contributed by atoms with Crippen LogP contribution in [0.2, 0.25) is 0 Å². The highest BCUT2D eigenvalue weighted by atomic mass is 16.4. The molecule has 1 aliphatic heterocycles. The number of rotatable bonds is 2. The van der Waals surface area contributed by atoms with Crippen molar-refractivity contribution in [2.24, 2.45) is 0 Å². The summed E-state index contributed by atoms with van der Waals surface area (Å²) < 4.78 is 0. The molecule has 2 rings (SSSR count). The smallest absolute Gasteiger partial charge is 0.337 e. The summed E-state index contributed by atoms with van der Waals surface area (Å²) in [6.07, 6.45) is 2.92. The second-order valence-electron chi connectivity index (χ2n) is 4.66. The van der Waals surface area contributed by atoms with Gasteiger partial charge in [0, 0.05) is 19.3 Å². The van der Waals surface area contributed by atoms with Gasteiger partial charge in [-0.2, -0.15) is 0 Å². The van der Waals surface area contributed by atoms with Crippen LogP contribution in [-0.2, 0) is 4.79 Å². The predicted octanol–water partition coefficient (Wildman–Crippen LogP) is 0.495. The molecule has 0 atom stereocenters. The van der Waals surface area contributed by atoms with E-state index in [1.807, 2.05) is 0 Å². The van der Waals surface area contributed by atoms with Gasteiger partial charge in [0.2, 0.25) is 5.91 Å². The van der Waals surface area contributed by atoms with Gasteiger partial charge in [-0.3, -0.25) is 9.78 Å². The first-order valence-electron chi connectivity index (χ1n) is 5.68. The highest BCUT2D eigenvalue weighted by Gasteiger charge is 2.39. The lowest BCUT2D eigenvalue weighted by Gasteiger charge is -2.43. The number of anilines is 1. The zero-order valence-corrected chi connectivity index (χ0v) is 10.3. The molecule has 1 aliphatic rings. The van der Waals surface area contributed by atoms with E-state index in [2.05, 4.69) is 10.3 Å². The van der Waals surface area contributed by atoms with Gasteiger partial charge >= 0.3 is 5.97 Å². The number of aromatic carboxylic acids is 1. The topological polar surface area (TPSA) is 82.5 Å². The maximum atomic E-state index is 11.9. The van der Waals surface area contributed by atoms with E-state index in [4.69, 9.17) is 0 Å². The molecule has 18 heavy (non-hydrogen) atoms. The van der Waals surface area contributed by atoms with Crippen LogP contribution in [-0.4, -0.2) is 40.6 Å². The summed E-state index contributed by atoms with van der Waals surface area (Å²) in [5.41, 5.74) is -0.150. The third-order valence-corrected chi connectivity index (χ3v) is 3.17. The Morgan fingerprint density at radius 2 is 2.28 bits per heavy atom. The number of carbonyl (C=O) groups excluding carboxylic acids is 1. The number of carboxylic acid groups (broad SMARTS) is 1. The average molecular weight is 249 g/mol. The molecule has 1 amide bonds. The Morgan fingerprint density at radius 3 is 2.94 bits per heavy atom. The summed E-state index contributed by atoms with van der Waals surface area (Å²) in [4.78, 5) is 28.8. The van der Waals surface area contributed by atoms with Crippen LogP contribution in [0.3, 0.4) is 0 Å². The molecule has 1 fully saturated rings. The maximum absolute atomic E-state index is 11.9. The van der Waals surface area contributed by atoms with E-state index in [-0.39, 0.29) is 11.5 Å². The lowest BCUT2D eigenvalue weighted by atomic mass is 9.97. The van der Waals surface area contributed by atoms with Crippen molar-refractivity contribution in [2.45, 2.75) is 19.4 Å². The molecule has 1 aromatic rings. The average Bonchev–Trinajstić information content (AvgIpc) is 2.32. The van der Waals surface area contributed by atoms with E-state index in [1.165, 1.54) is 18.5 Å². The largest absolute Gasteiger partial charge is 0.478 e. The Bertz CT molecular complexity index is 499. The zero-order chi connectivity index (χ0) is 13.3. The zero-order valence-electron chi connectivity index (χ0n) is 10.3.